The van der Waals surface area contributed by atoms with Crippen molar-refractivity contribution in [2.45, 2.75) is 43.5 Å². The number of benzene rings is 1. The number of fused-ring (bicyclic) bond motifs is 1. The number of hydrogen-bond donors (Lipinski definition) is 0. The Morgan fingerprint density at radius 1 is 1.18 bits per heavy atom. The molecule has 2 aliphatic heterocycles. The Bertz CT molecular complexity index is 853. The van der Waals surface area contributed by atoms with E-state index in [9.17, 15) is 18.5 Å². The van der Waals surface area contributed by atoms with E-state index in [-0.39, 0.29) is 23.7 Å². The molecule has 1 aromatic rings. The number of nitro benzene ring substituents is 1. The standard InChI is InChI=1S/C19H27N3O5S/c1-14-13-21(17-5-3-2-4-16(14)17)18-7-6-15(22(23)24)12-19(18)28(25,26)20-8-10-27-11-9-20/h6-7,12,14,16-17H,2-5,8-11,13H2,1H3. The highest BCUT2D eigenvalue weighted by molar-refractivity contribution is 7.89. The van der Waals surface area contributed by atoms with Crippen LogP contribution in [-0.2, 0) is 14.8 Å². The van der Waals surface area contributed by atoms with Crippen molar-refractivity contribution in [1.82, 2.24) is 4.31 Å². The number of hydrogen-bond acceptors (Lipinski definition) is 6. The van der Waals surface area contributed by atoms with Gasteiger partial charge >= 0.3 is 0 Å². The summed E-state index contributed by atoms with van der Waals surface area (Å²) < 4.78 is 33.5. The van der Waals surface area contributed by atoms with Crippen molar-refractivity contribution in [2.75, 3.05) is 37.7 Å². The van der Waals surface area contributed by atoms with Crippen molar-refractivity contribution >= 4 is 21.4 Å². The molecule has 0 spiro atoms. The quantitative estimate of drug-likeness (QED) is 0.561. The van der Waals surface area contributed by atoms with Crippen LogP contribution in [-0.4, -0.2) is 56.5 Å². The van der Waals surface area contributed by atoms with E-state index in [1.165, 1.54) is 29.3 Å². The number of nitrogens with zero attached hydrogens (tertiary/aromatic N) is 3. The minimum absolute atomic E-state index is 0.0574. The summed E-state index contributed by atoms with van der Waals surface area (Å²) in [5, 5.41) is 11.3. The van der Waals surface area contributed by atoms with Gasteiger partial charge in [0.2, 0.25) is 10.0 Å². The molecule has 2 heterocycles. The molecule has 3 fully saturated rings. The molecule has 0 amide bonds. The first-order chi connectivity index (χ1) is 13.4. The lowest BCUT2D eigenvalue weighted by atomic mass is 9.80. The Balaban J connectivity index is 1.78. The summed E-state index contributed by atoms with van der Waals surface area (Å²) in [7, 11) is -3.83. The van der Waals surface area contributed by atoms with Gasteiger partial charge in [-0.05, 0) is 30.7 Å². The Morgan fingerprint density at radius 3 is 2.61 bits per heavy atom. The van der Waals surface area contributed by atoms with E-state index in [0.717, 1.165) is 19.4 Å². The third kappa shape index (κ3) is 3.40. The van der Waals surface area contributed by atoms with Crippen molar-refractivity contribution in [3.05, 3.63) is 28.3 Å². The Hall–Kier alpha value is -1.71. The predicted octanol–water partition coefficient (Wildman–Crippen LogP) is 2.63. The SMILES string of the molecule is CC1CN(c2ccc([N+](=O)[O-])cc2S(=O)(=O)N2CCOCC2)C2CCCCC12. The minimum Gasteiger partial charge on any atom is -0.379 e. The first-order valence-corrected chi connectivity index (χ1v) is 11.5. The largest absolute Gasteiger partial charge is 0.379 e. The van der Waals surface area contributed by atoms with Gasteiger partial charge in [0.1, 0.15) is 4.90 Å². The first kappa shape index (κ1) is 19.6. The molecule has 8 nitrogen and oxygen atoms in total. The van der Waals surface area contributed by atoms with Gasteiger partial charge in [-0.1, -0.05) is 19.8 Å². The highest BCUT2D eigenvalue weighted by Crippen LogP contribution is 2.44. The van der Waals surface area contributed by atoms with Crippen LogP contribution in [0.3, 0.4) is 0 Å². The molecule has 0 bridgehead atoms. The van der Waals surface area contributed by atoms with Gasteiger partial charge in [0.15, 0.2) is 0 Å². The minimum atomic E-state index is -3.83. The molecule has 1 aromatic carbocycles. The third-order valence-electron chi connectivity index (χ3n) is 6.45. The van der Waals surface area contributed by atoms with Crippen LogP contribution in [0.5, 0.6) is 0 Å². The van der Waals surface area contributed by atoms with Crippen LogP contribution in [0.2, 0.25) is 0 Å². The summed E-state index contributed by atoms with van der Waals surface area (Å²) >= 11 is 0. The van der Waals surface area contributed by atoms with Gasteiger partial charge in [-0.3, -0.25) is 10.1 Å². The van der Waals surface area contributed by atoms with Crippen LogP contribution < -0.4 is 4.90 Å². The lowest BCUT2D eigenvalue weighted by molar-refractivity contribution is -0.385. The van der Waals surface area contributed by atoms with Crippen molar-refractivity contribution in [1.29, 1.82) is 0 Å². The molecule has 1 aliphatic carbocycles. The molecule has 9 heteroatoms. The monoisotopic (exact) mass is 409 g/mol. The normalized spacial score (nSPS) is 28.9. The lowest BCUT2D eigenvalue weighted by Gasteiger charge is -2.35. The van der Waals surface area contributed by atoms with Gasteiger partial charge in [0.25, 0.3) is 5.69 Å². The van der Waals surface area contributed by atoms with E-state index in [4.69, 9.17) is 4.74 Å². The molecule has 1 saturated carbocycles. The molecule has 0 N–H and O–H groups in total. The molecule has 2 saturated heterocycles. The highest BCUT2D eigenvalue weighted by Gasteiger charge is 2.43. The van der Waals surface area contributed by atoms with Gasteiger partial charge in [-0.25, -0.2) is 8.42 Å². The van der Waals surface area contributed by atoms with Crippen molar-refractivity contribution in [2.24, 2.45) is 11.8 Å². The molecular weight excluding hydrogens is 382 g/mol. The summed E-state index contributed by atoms with van der Waals surface area (Å²) in [6.45, 7) is 4.24. The maximum absolute atomic E-state index is 13.4. The van der Waals surface area contributed by atoms with Gasteiger partial charge in [0, 0.05) is 37.8 Å². The van der Waals surface area contributed by atoms with Gasteiger partial charge in [0.05, 0.1) is 23.8 Å². The van der Waals surface area contributed by atoms with Crippen LogP contribution in [0.1, 0.15) is 32.6 Å². The zero-order chi connectivity index (χ0) is 19.9. The summed E-state index contributed by atoms with van der Waals surface area (Å²) in [4.78, 5) is 13.1. The Labute approximate surface area is 165 Å². The molecule has 3 aliphatic rings. The van der Waals surface area contributed by atoms with Crippen LogP contribution in [0, 0.1) is 22.0 Å². The van der Waals surface area contributed by atoms with Crippen molar-refractivity contribution in [3.8, 4) is 0 Å². The maximum atomic E-state index is 13.4. The number of sulfonamides is 1. The number of nitro groups is 1. The van der Waals surface area contributed by atoms with Crippen molar-refractivity contribution < 1.29 is 18.1 Å². The summed E-state index contributed by atoms with van der Waals surface area (Å²) in [6.07, 6.45) is 4.57. The van der Waals surface area contributed by atoms with E-state index >= 15 is 0 Å². The number of rotatable bonds is 4. The molecule has 28 heavy (non-hydrogen) atoms. The van der Waals surface area contributed by atoms with Gasteiger partial charge in [-0.2, -0.15) is 4.31 Å². The fourth-order valence-corrected chi connectivity index (χ4v) is 6.66. The summed E-state index contributed by atoms with van der Waals surface area (Å²) in [5.74, 6) is 1.04. The number of ether oxygens (including phenoxy) is 1. The second-order valence-corrected chi connectivity index (χ2v) is 9.98. The first-order valence-electron chi connectivity index (χ1n) is 10.0. The van der Waals surface area contributed by atoms with E-state index in [0.29, 0.717) is 36.8 Å². The number of anilines is 1. The molecule has 3 unspecified atom stereocenters. The number of morpholine rings is 1. The fraction of sp³-hybridized carbons (Fsp3) is 0.684. The average molecular weight is 410 g/mol. The van der Waals surface area contributed by atoms with E-state index < -0.39 is 14.9 Å². The van der Waals surface area contributed by atoms with Gasteiger partial charge in [-0.15, -0.1) is 0 Å². The van der Waals surface area contributed by atoms with E-state index in [1.54, 1.807) is 6.07 Å². The molecule has 0 aromatic heterocycles. The maximum Gasteiger partial charge on any atom is 0.270 e. The average Bonchev–Trinajstić information content (AvgIpc) is 3.05. The zero-order valence-electron chi connectivity index (χ0n) is 16.1. The summed E-state index contributed by atoms with van der Waals surface area (Å²) in [6, 6.07) is 4.61. The van der Waals surface area contributed by atoms with Crippen LogP contribution in [0.15, 0.2) is 23.1 Å². The molecule has 4 rings (SSSR count). The summed E-state index contributed by atoms with van der Waals surface area (Å²) in [5.41, 5.74) is 0.418. The second kappa shape index (κ2) is 7.61. The van der Waals surface area contributed by atoms with Crippen LogP contribution in [0.25, 0.3) is 0 Å². The lowest BCUT2D eigenvalue weighted by Crippen LogP contribution is -2.42. The zero-order valence-corrected chi connectivity index (χ0v) is 16.9. The highest BCUT2D eigenvalue weighted by atomic mass is 32.2. The topological polar surface area (TPSA) is 93.0 Å². The molecule has 0 radical (unpaired) electrons. The Morgan fingerprint density at radius 2 is 1.89 bits per heavy atom. The fourth-order valence-electron chi connectivity index (χ4n) is 5.04. The predicted molar refractivity (Wildman–Crippen MR) is 105 cm³/mol. The molecule has 154 valence electrons. The molecule has 3 atom stereocenters. The van der Waals surface area contributed by atoms with Crippen molar-refractivity contribution in [3.63, 3.8) is 0 Å². The van der Waals surface area contributed by atoms with Crippen LogP contribution >= 0.6 is 0 Å². The van der Waals surface area contributed by atoms with E-state index in [1.807, 2.05) is 0 Å². The third-order valence-corrected chi connectivity index (χ3v) is 8.38. The van der Waals surface area contributed by atoms with Gasteiger partial charge < -0.3 is 9.64 Å². The van der Waals surface area contributed by atoms with E-state index in [2.05, 4.69) is 11.8 Å². The smallest absolute Gasteiger partial charge is 0.270 e. The molecular formula is C19H27N3O5S. The Kier molecular flexibility index (Phi) is 5.32. The second-order valence-electron chi connectivity index (χ2n) is 8.07. The van der Waals surface area contributed by atoms with Crippen LogP contribution in [0.4, 0.5) is 11.4 Å². The number of non-ortho nitro benzene ring substituents is 1.